The Morgan fingerprint density at radius 1 is 1.20 bits per heavy atom. The first-order valence-corrected chi connectivity index (χ1v) is 8.08. The molecule has 1 aliphatic rings. The second-order valence-electron chi connectivity index (χ2n) is 4.84. The van der Waals surface area contributed by atoms with Gasteiger partial charge in [0.1, 0.15) is 6.04 Å². The Bertz CT molecular complexity index is 330. The number of carboxylic acids is 1. The van der Waals surface area contributed by atoms with E-state index in [1.807, 2.05) is 4.90 Å². The highest BCUT2D eigenvalue weighted by molar-refractivity contribution is 8.00. The average molecular weight is 302 g/mol. The molecule has 1 saturated heterocycles. The van der Waals surface area contributed by atoms with Crippen LogP contribution in [0, 0.1) is 0 Å². The van der Waals surface area contributed by atoms with Crippen molar-refractivity contribution in [2.75, 3.05) is 24.6 Å². The first-order valence-electron chi connectivity index (χ1n) is 6.93. The second kappa shape index (κ2) is 9.63. The predicted octanol–water partition coefficient (Wildman–Crippen LogP) is 0.711. The first-order chi connectivity index (χ1) is 9.65. The summed E-state index contributed by atoms with van der Waals surface area (Å²) in [5, 5.41) is 11.1. The molecule has 0 radical (unpaired) electrons. The van der Waals surface area contributed by atoms with Gasteiger partial charge >= 0.3 is 5.97 Å². The fraction of sp³-hybridized carbons (Fsp3) is 0.769. The number of carbonyl (C=O) groups excluding carboxylic acids is 2. The molecule has 114 valence electrons. The van der Waals surface area contributed by atoms with E-state index in [0.717, 1.165) is 25.9 Å². The fourth-order valence-corrected chi connectivity index (χ4v) is 3.07. The maximum absolute atomic E-state index is 12.0. The Labute approximate surface area is 123 Å². The van der Waals surface area contributed by atoms with Gasteiger partial charge in [0.25, 0.3) is 0 Å². The van der Waals surface area contributed by atoms with Gasteiger partial charge in [-0.15, -0.1) is 11.8 Å². The van der Waals surface area contributed by atoms with E-state index >= 15 is 0 Å². The summed E-state index contributed by atoms with van der Waals surface area (Å²) in [7, 11) is 0. The van der Waals surface area contributed by atoms with E-state index in [2.05, 4.69) is 5.32 Å². The van der Waals surface area contributed by atoms with E-state index in [4.69, 9.17) is 5.11 Å². The molecule has 0 aromatic carbocycles. The van der Waals surface area contributed by atoms with Gasteiger partial charge in [0.15, 0.2) is 0 Å². The zero-order valence-corrected chi connectivity index (χ0v) is 12.4. The van der Waals surface area contributed by atoms with Crippen molar-refractivity contribution >= 4 is 30.0 Å². The van der Waals surface area contributed by atoms with E-state index in [-0.39, 0.29) is 17.4 Å². The van der Waals surface area contributed by atoms with Crippen molar-refractivity contribution in [1.82, 2.24) is 10.2 Å². The van der Waals surface area contributed by atoms with Gasteiger partial charge in [0.05, 0.1) is 5.75 Å². The first kappa shape index (κ1) is 16.8. The van der Waals surface area contributed by atoms with Gasteiger partial charge in [-0.1, -0.05) is 19.3 Å². The van der Waals surface area contributed by atoms with Crippen LogP contribution < -0.4 is 5.32 Å². The zero-order chi connectivity index (χ0) is 14.8. The van der Waals surface area contributed by atoms with Crippen LogP contribution in [0.4, 0.5) is 0 Å². The maximum atomic E-state index is 12.0. The molecule has 0 aromatic rings. The Balaban J connectivity index is 2.30. The second-order valence-corrected chi connectivity index (χ2v) is 5.87. The van der Waals surface area contributed by atoms with Gasteiger partial charge in [0.2, 0.25) is 12.3 Å². The van der Waals surface area contributed by atoms with Crippen molar-refractivity contribution < 1.29 is 19.5 Å². The van der Waals surface area contributed by atoms with Crippen LogP contribution in [0.2, 0.25) is 0 Å². The number of nitrogens with one attached hydrogen (secondary N) is 1. The molecule has 0 saturated carbocycles. The molecule has 1 unspecified atom stereocenters. The van der Waals surface area contributed by atoms with Crippen LogP contribution in [0.15, 0.2) is 0 Å². The molecule has 0 bridgehead atoms. The number of nitrogens with zero attached hydrogens (tertiary/aromatic N) is 1. The quantitative estimate of drug-likeness (QED) is 0.676. The third-order valence-corrected chi connectivity index (χ3v) is 4.31. The van der Waals surface area contributed by atoms with Crippen molar-refractivity contribution in [3.8, 4) is 0 Å². The van der Waals surface area contributed by atoms with E-state index in [0.29, 0.717) is 6.41 Å². The fourth-order valence-electron chi connectivity index (χ4n) is 2.13. The summed E-state index contributed by atoms with van der Waals surface area (Å²) in [6.45, 7) is 1.60. The average Bonchev–Trinajstić information content (AvgIpc) is 2.36. The van der Waals surface area contributed by atoms with Crippen LogP contribution in [0.25, 0.3) is 0 Å². The molecule has 6 nitrogen and oxygen atoms in total. The third-order valence-electron chi connectivity index (χ3n) is 3.29. The highest BCUT2D eigenvalue weighted by atomic mass is 32.2. The van der Waals surface area contributed by atoms with Crippen molar-refractivity contribution in [2.45, 2.75) is 38.1 Å². The van der Waals surface area contributed by atoms with E-state index in [9.17, 15) is 14.4 Å². The minimum Gasteiger partial charge on any atom is -0.480 e. The number of hydrogen-bond donors (Lipinski definition) is 2. The van der Waals surface area contributed by atoms with Crippen LogP contribution >= 0.6 is 11.8 Å². The molecular weight excluding hydrogens is 280 g/mol. The number of rotatable bonds is 7. The van der Waals surface area contributed by atoms with Gasteiger partial charge in [-0.05, 0) is 12.8 Å². The summed E-state index contributed by atoms with van der Waals surface area (Å²) in [5.41, 5.74) is 0. The summed E-state index contributed by atoms with van der Waals surface area (Å²) >= 11 is 1.25. The monoisotopic (exact) mass is 302 g/mol. The highest BCUT2D eigenvalue weighted by Crippen LogP contribution is 2.12. The SMILES string of the molecule is O=CNC(CSCC(=O)N1CCCCCCC1)C(=O)O. The van der Waals surface area contributed by atoms with Gasteiger partial charge in [-0.2, -0.15) is 0 Å². The largest absolute Gasteiger partial charge is 0.480 e. The number of hydrogen-bond acceptors (Lipinski definition) is 4. The van der Waals surface area contributed by atoms with Gasteiger partial charge < -0.3 is 15.3 Å². The van der Waals surface area contributed by atoms with Gasteiger partial charge in [-0.3, -0.25) is 9.59 Å². The minimum absolute atomic E-state index is 0.0622. The van der Waals surface area contributed by atoms with Crippen LogP contribution in [0.1, 0.15) is 32.1 Å². The molecule has 20 heavy (non-hydrogen) atoms. The standard InChI is InChI=1S/C13H22N2O4S/c16-10-14-11(13(18)19)8-20-9-12(17)15-6-4-2-1-3-5-7-15/h10-11H,1-9H2,(H,14,16)(H,18,19). The van der Waals surface area contributed by atoms with Gasteiger partial charge in [-0.25, -0.2) is 4.79 Å². The van der Waals surface area contributed by atoms with Crippen molar-refractivity contribution in [2.24, 2.45) is 0 Å². The predicted molar refractivity (Wildman–Crippen MR) is 77.6 cm³/mol. The third kappa shape index (κ3) is 6.27. The van der Waals surface area contributed by atoms with Crippen molar-refractivity contribution in [1.29, 1.82) is 0 Å². The number of aliphatic carboxylic acids is 1. The van der Waals surface area contributed by atoms with Crippen LogP contribution in [0.5, 0.6) is 0 Å². The lowest BCUT2D eigenvalue weighted by Crippen LogP contribution is -2.39. The molecule has 1 heterocycles. The zero-order valence-electron chi connectivity index (χ0n) is 11.5. The molecule has 0 spiro atoms. The lowest BCUT2D eigenvalue weighted by molar-refractivity contribution is -0.139. The Kier molecular flexibility index (Phi) is 8.10. The summed E-state index contributed by atoms with van der Waals surface area (Å²) in [4.78, 5) is 35.0. The maximum Gasteiger partial charge on any atom is 0.327 e. The molecule has 1 atom stereocenters. The van der Waals surface area contributed by atoms with E-state index in [1.54, 1.807) is 0 Å². The molecule has 2 amide bonds. The van der Waals surface area contributed by atoms with Crippen molar-refractivity contribution in [3.63, 3.8) is 0 Å². The molecule has 0 aromatic heterocycles. The Hall–Kier alpha value is -1.24. The molecule has 1 rings (SSSR count). The number of carboxylic acid groups (broad SMARTS) is 1. The molecular formula is C13H22N2O4S. The normalized spacial score (nSPS) is 17.7. The van der Waals surface area contributed by atoms with Crippen molar-refractivity contribution in [3.05, 3.63) is 0 Å². The smallest absolute Gasteiger partial charge is 0.327 e. The molecule has 1 fully saturated rings. The highest BCUT2D eigenvalue weighted by Gasteiger charge is 2.19. The van der Waals surface area contributed by atoms with Crippen LogP contribution in [0.3, 0.4) is 0 Å². The summed E-state index contributed by atoms with van der Waals surface area (Å²) in [6.07, 6.45) is 6.04. The summed E-state index contributed by atoms with van der Waals surface area (Å²) in [6, 6.07) is -0.933. The topological polar surface area (TPSA) is 86.7 Å². The summed E-state index contributed by atoms with van der Waals surface area (Å²) < 4.78 is 0. The number of carbonyl (C=O) groups is 3. The minimum atomic E-state index is -1.08. The lowest BCUT2D eigenvalue weighted by Gasteiger charge is -2.24. The Morgan fingerprint density at radius 2 is 1.80 bits per heavy atom. The van der Waals surface area contributed by atoms with E-state index < -0.39 is 12.0 Å². The van der Waals surface area contributed by atoms with E-state index in [1.165, 1.54) is 31.0 Å². The van der Waals surface area contributed by atoms with Crippen LogP contribution in [-0.2, 0) is 14.4 Å². The molecule has 0 aliphatic carbocycles. The van der Waals surface area contributed by atoms with Crippen LogP contribution in [-0.4, -0.2) is 58.9 Å². The number of thioether (sulfide) groups is 1. The number of amides is 2. The van der Waals surface area contributed by atoms with Gasteiger partial charge in [0, 0.05) is 18.8 Å². The number of likely N-dealkylation sites (tertiary alicyclic amines) is 1. The Morgan fingerprint density at radius 3 is 2.35 bits per heavy atom. The summed E-state index contributed by atoms with van der Waals surface area (Å²) in [5.74, 6) is -0.548. The molecule has 7 heteroatoms. The molecule has 1 aliphatic heterocycles. The molecule has 2 N–H and O–H groups in total. The lowest BCUT2D eigenvalue weighted by atomic mass is 10.1.